The van der Waals surface area contributed by atoms with E-state index in [1.54, 1.807) is 79.7 Å². The van der Waals surface area contributed by atoms with Crippen LogP contribution in [0.1, 0.15) is 147 Å². The molecule has 5 heterocycles. The third-order valence-corrected chi connectivity index (χ3v) is 24.1. The van der Waals surface area contributed by atoms with Crippen molar-refractivity contribution >= 4 is 0 Å². The van der Waals surface area contributed by atoms with Gasteiger partial charge in [0.15, 0.2) is 0 Å². The van der Waals surface area contributed by atoms with Gasteiger partial charge in [-0.25, -0.2) is 0 Å². The molecule has 0 unspecified atom stereocenters. The summed E-state index contributed by atoms with van der Waals surface area (Å²) < 4.78 is 145. The largest absolute Gasteiger partial charge is 3.00 e. The summed E-state index contributed by atoms with van der Waals surface area (Å²) in [6.07, 6.45) is 5.76. The minimum absolute atomic E-state index is 0. The van der Waals surface area contributed by atoms with Gasteiger partial charge in [-0.1, -0.05) is 320 Å². The first-order valence-electron chi connectivity index (χ1n) is 51.7. The molecular weight excluding hydrogens is 1960 g/mol. The molecule has 5 aromatic heterocycles. The van der Waals surface area contributed by atoms with Crippen LogP contribution in [0, 0.1) is 63.8 Å². The van der Waals surface area contributed by atoms with E-state index in [2.05, 4.69) is 166 Å². The van der Waals surface area contributed by atoms with E-state index in [-0.39, 0.29) is 68.8 Å². The van der Waals surface area contributed by atoms with E-state index in [0.29, 0.717) is 89.8 Å². The molecule has 14 aromatic carbocycles. The number of aryl methyl sites for hydroxylation is 4. The van der Waals surface area contributed by atoms with Crippen molar-refractivity contribution in [2.45, 2.75) is 106 Å². The zero-order chi connectivity index (χ0) is 104. The summed E-state index contributed by atoms with van der Waals surface area (Å²) in [6, 6.07) is 126. The Morgan fingerprint density at radius 1 is 0.212 bits per heavy atom. The molecule has 0 aliphatic carbocycles. The van der Waals surface area contributed by atoms with Gasteiger partial charge in [-0.05, 0) is 211 Å². The van der Waals surface area contributed by atoms with Gasteiger partial charge in [0.25, 0.3) is 0 Å². The molecule has 8 heteroatoms. The molecule has 132 heavy (non-hydrogen) atoms. The third kappa shape index (κ3) is 18.8. The minimum atomic E-state index is -2.49. The fourth-order valence-electron chi connectivity index (χ4n) is 17.2. The Labute approximate surface area is 828 Å². The van der Waals surface area contributed by atoms with E-state index in [1.807, 2.05) is 188 Å². The molecule has 0 aliphatic heterocycles. The minimum Gasteiger partial charge on any atom is -0.304 e. The maximum absolute atomic E-state index is 9.14. The fraction of sp³-hybridized carbons (Fsp3) is 0.129. The molecule has 0 fully saturated rings. The monoisotopic (exact) mass is 2070 g/mol. The van der Waals surface area contributed by atoms with Crippen molar-refractivity contribution in [3.8, 4) is 201 Å². The van der Waals surface area contributed by atoms with Crippen LogP contribution in [0.15, 0.2) is 353 Å². The summed E-state index contributed by atoms with van der Waals surface area (Å²) in [5.74, 6) is -4.82. The van der Waals surface area contributed by atoms with Crippen molar-refractivity contribution in [2.24, 2.45) is 0 Å². The van der Waals surface area contributed by atoms with Gasteiger partial charge in [-0.15, -0.1) is 179 Å². The van der Waals surface area contributed by atoms with Gasteiger partial charge in [-0.2, -0.15) is 0 Å². The number of nitrogens with zero attached hydrogens (tertiary/aromatic N) is 6. The molecule has 0 aliphatic rings. The van der Waals surface area contributed by atoms with Crippen LogP contribution in [-0.2, 0) is 40.2 Å². The normalized spacial score (nSPS) is 13.9. The molecule has 0 N–H and O–H groups in total. The van der Waals surface area contributed by atoms with Crippen LogP contribution in [0.4, 0.5) is 0 Å². The molecule has 0 saturated heterocycles. The Morgan fingerprint density at radius 2 is 0.379 bits per heavy atom. The average Bonchev–Trinajstić information content (AvgIpc) is 0.770. The van der Waals surface area contributed by atoms with Crippen molar-refractivity contribution in [1.82, 2.24) is 29.9 Å². The second-order valence-corrected chi connectivity index (χ2v) is 33.5. The van der Waals surface area contributed by atoms with Crippen molar-refractivity contribution < 1.29 is 63.5 Å². The zero-order valence-electron chi connectivity index (χ0n) is 90.8. The van der Waals surface area contributed by atoms with Crippen molar-refractivity contribution in [3.05, 3.63) is 434 Å². The van der Waals surface area contributed by atoms with Crippen LogP contribution in [0.3, 0.4) is 0 Å². The molecule has 0 bridgehead atoms. The average molecular weight is 2070 g/mol. The molecule has 0 atom stereocenters. The van der Waals surface area contributed by atoms with E-state index < -0.39 is 51.0 Å². The van der Waals surface area contributed by atoms with Gasteiger partial charge in [0.1, 0.15) is 1.37 Å². The Balaban J connectivity index is 0.00000756. The summed E-state index contributed by atoms with van der Waals surface area (Å²) in [5.41, 5.74) is 29.3. The van der Waals surface area contributed by atoms with Crippen LogP contribution in [-0.4, -0.2) is 29.9 Å². The number of hydrogen-bond donors (Lipinski definition) is 0. The predicted octanol–water partition coefficient (Wildman–Crippen LogP) is 32.6. The van der Waals surface area contributed by atoms with Crippen LogP contribution in [0.25, 0.3) is 201 Å². The molecule has 19 rings (SSSR count). The number of rotatable bonds is 22. The summed E-state index contributed by atoms with van der Waals surface area (Å²) in [4.78, 5) is 28.1. The van der Waals surface area contributed by atoms with Gasteiger partial charge in [-0.3, -0.25) is 9.97 Å². The van der Waals surface area contributed by atoms with Gasteiger partial charge < -0.3 is 19.9 Å². The molecule has 19 aromatic rings. The summed E-state index contributed by atoms with van der Waals surface area (Å²) in [7, 11) is 0. The van der Waals surface area contributed by atoms with Crippen molar-refractivity contribution in [1.29, 1.82) is 0 Å². The Hall–Kier alpha value is -13.9. The number of aromatic nitrogens is 6. The van der Waals surface area contributed by atoms with Crippen LogP contribution in [0.2, 0.25) is 0 Å². The molecule has 6 nitrogen and oxygen atoms in total. The standard InChI is InChI=1S/C124H98N6.2Ir/c1-77(2)115-72-125-119(61-81(115)9)91-49-37-85(38-50-91)103-25-13-19-31-109(103)97-65-98(110-32-20-14-26-104(110)86-39-51-92(52-40-86)120-62-82(10)116(73-126-120)78(3)4)68-101(67-97)113-35-23-17-29-107(113)89-45-57-95(58-46-89)123-71-124(130-76-129-123)96-59-47-90(48-60-96)108-30-18-24-36-114(108)102-69-99(111-33-21-15-27-105(111)87-41-53-93(54-42-87)121-63-83(11)117(74-127-121)79(5)6)66-100(70-102)112-34-22-16-28-106(112)88-43-55-94(56-44-88)122-64-84(12)118(75-128-122)80(7)8;;/h13-49,51,53,55,57,59,61-80H,1-12H3;;/q-6;2*+3/i9D3,10D3,11D3,12D3,76D,77D,78D,79D,80D;;. The van der Waals surface area contributed by atoms with E-state index in [1.165, 1.54) is 24.8 Å². The maximum Gasteiger partial charge on any atom is 3.00 e. The zero-order valence-corrected chi connectivity index (χ0v) is 78.5. The molecular formula is C124H98Ir2N6. The predicted molar refractivity (Wildman–Crippen MR) is 539 cm³/mol. The first-order valence-corrected chi connectivity index (χ1v) is 43.2. The fourth-order valence-corrected chi connectivity index (χ4v) is 17.2. The Bertz CT molecular complexity index is 7390. The summed E-state index contributed by atoms with van der Waals surface area (Å²) >= 11 is 0. The van der Waals surface area contributed by atoms with E-state index in [4.69, 9.17) is 33.3 Å². The van der Waals surface area contributed by atoms with Gasteiger partial charge in [0.2, 0.25) is 0 Å². The molecule has 0 amide bonds. The number of pyridine rings is 4. The first kappa shape index (κ1) is 70.9. The molecule has 0 radical (unpaired) electrons. The van der Waals surface area contributed by atoms with Gasteiger partial charge >= 0.3 is 40.2 Å². The van der Waals surface area contributed by atoms with Crippen LogP contribution in [0.5, 0.6) is 0 Å². The second kappa shape index (κ2) is 39.4. The maximum atomic E-state index is 9.14. The van der Waals surface area contributed by atoms with Gasteiger partial charge in [0, 0.05) is 46.7 Å². The first-order chi connectivity index (χ1) is 69.8. The Morgan fingerprint density at radius 3 is 0.530 bits per heavy atom. The number of hydrogen-bond acceptors (Lipinski definition) is 6. The van der Waals surface area contributed by atoms with Crippen LogP contribution < -0.4 is 0 Å². The van der Waals surface area contributed by atoms with E-state index >= 15 is 0 Å². The van der Waals surface area contributed by atoms with Crippen molar-refractivity contribution in [3.63, 3.8) is 0 Å². The second-order valence-electron chi connectivity index (χ2n) is 33.5. The van der Waals surface area contributed by atoms with E-state index in [0.717, 1.165) is 134 Å². The van der Waals surface area contributed by atoms with Crippen molar-refractivity contribution in [2.75, 3.05) is 0 Å². The Kier molecular flexibility index (Phi) is 21.2. The number of benzene rings is 14. The smallest absolute Gasteiger partial charge is 0.304 e. The molecule has 642 valence electrons. The molecule has 0 saturated carbocycles. The third-order valence-electron chi connectivity index (χ3n) is 24.1. The topological polar surface area (TPSA) is 77.3 Å². The summed E-state index contributed by atoms with van der Waals surface area (Å²) in [5, 5.41) is 0. The van der Waals surface area contributed by atoms with Gasteiger partial charge in [0.05, 0.1) is 6.30 Å². The summed E-state index contributed by atoms with van der Waals surface area (Å²) in [6.45, 7) is 3.26. The van der Waals surface area contributed by atoms with E-state index in [9.17, 15) is 0 Å². The SMILES string of the molecule is [2H]c1nc(-c2[c-]cc(-c3ccccc3-c3cc(-c4ccccc4-c4c[c-]c(-c5cc(C([2H])([2H])[2H])c(C([2H])(C)C)cn5)cc4)cc(-c4ccccc4-c4c[c-]c(-c5cc(C([2H])([2H])[2H])c(C([2H])(C)C)cn5)cc4)c3)cc2)cc(-c2[c-]cc(-c3ccccc3-c3cc(-c4ccccc4-c4c[c-]c(-c5cc(C([2H])([2H])[2H])c(C([2H])(C)C)cn5)cc4)cc(-c4ccccc4-c4c[c-]c(-c5cc(C([2H])([2H])[2H])c(C([2H])(C)C)cn5)cc4)c3)cc2)n1.[Ir+3].[Ir+3]. The van der Waals surface area contributed by atoms with Crippen LogP contribution >= 0.6 is 0 Å². The quantitative estimate of drug-likeness (QED) is 0.0629. The molecule has 0 spiro atoms.